The summed E-state index contributed by atoms with van der Waals surface area (Å²) in [7, 11) is 0. The van der Waals surface area contributed by atoms with Gasteiger partial charge in [-0.1, -0.05) is 48.0 Å². The van der Waals surface area contributed by atoms with Gasteiger partial charge < -0.3 is 14.8 Å². The zero-order valence-electron chi connectivity index (χ0n) is 13.0. The lowest BCUT2D eigenvalue weighted by Gasteiger charge is -2.05. The van der Waals surface area contributed by atoms with E-state index in [-0.39, 0.29) is 0 Å². The number of rotatable bonds is 10. The Labute approximate surface area is 109 Å². The van der Waals surface area contributed by atoms with E-state index < -0.39 is 0 Å². The quantitative estimate of drug-likeness (QED) is 0.601. The number of nitrogens with one attached hydrogen (secondary N) is 1. The highest BCUT2D eigenvalue weighted by atomic mass is 16.5. The highest BCUT2D eigenvalue weighted by molar-refractivity contribution is 4.40. The molecule has 0 heterocycles. The predicted octanol–water partition coefficient (Wildman–Crippen LogP) is 3.48. The topological polar surface area (TPSA) is 30.5 Å². The minimum Gasteiger partial charge on any atom is -0.379 e. The van der Waals surface area contributed by atoms with Crippen molar-refractivity contribution in [1.29, 1.82) is 0 Å². The van der Waals surface area contributed by atoms with Gasteiger partial charge in [0, 0.05) is 13.2 Å². The molecule has 0 amide bonds. The van der Waals surface area contributed by atoms with Crippen LogP contribution in [0.25, 0.3) is 0 Å². The molecule has 0 radical (unpaired) electrons. The van der Waals surface area contributed by atoms with Gasteiger partial charge in [-0.3, -0.25) is 0 Å². The summed E-state index contributed by atoms with van der Waals surface area (Å²) >= 11 is 0. The Balaban J connectivity index is -0.000000439. The molecule has 0 aliphatic rings. The lowest BCUT2D eigenvalue weighted by Crippen LogP contribution is -2.20. The van der Waals surface area contributed by atoms with Gasteiger partial charge in [0.2, 0.25) is 0 Å². The average Bonchev–Trinajstić information content (AvgIpc) is 2.42. The van der Waals surface area contributed by atoms with Crippen LogP contribution in [0.5, 0.6) is 0 Å². The summed E-state index contributed by atoms with van der Waals surface area (Å²) in [5.41, 5.74) is 0. The standard InChI is InChI=1S/C10H23NO2.2C2H6/c1-3-5-7-12-9-10-13-8-6-11-4-2;2*1-2/h11H,3-10H2,1-2H3;2*1-2H3. The van der Waals surface area contributed by atoms with Gasteiger partial charge in [0.1, 0.15) is 0 Å². The van der Waals surface area contributed by atoms with Crippen LogP contribution in [-0.2, 0) is 9.47 Å². The average molecular weight is 249 g/mol. The molecule has 0 aromatic rings. The number of likely N-dealkylation sites (N-methyl/N-ethyl adjacent to an activating group) is 1. The van der Waals surface area contributed by atoms with Crippen molar-refractivity contribution in [3.63, 3.8) is 0 Å². The molecule has 3 nitrogen and oxygen atoms in total. The fourth-order valence-electron chi connectivity index (χ4n) is 0.889. The lowest BCUT2D eigenvalue weighted by atomic mass is 10.4. The molecule has 0 saturated carbocycles. The first-order valence-corrected chi connectivity index (χ1v) is 7.28. The Bertz CT molecular complexity index is 80.3. The molecule has 0 saturated heterocycles. The van der Waals surface area contributed by atoms with Crippen LogP contribution >= 0.6 is 0 Å². The summed E-state index contributed by atoms with van der Waals surface area (Å²) in [5.74, 6) is 0. The second kappa shape index (κ2) is 29.7. The first-order valence-electron chi connectivity index (χ1n) is 7.28. The van der Waals surface area contributed by atoms with Gasteiger partial charge in [-0.15, -0.1) is 0 Å². The maximum Gasteiger partial charge on any atom is 0.0701 e. The molecule has 108 valence electrons. The molecular formula is C14H35NO2. The van der Waals surface area contributed by atoms with Gasteiger partial charge in [-0.2, -0.15) is 0 Å². The number of unbranched alkanes of at least 4 members (excludes halogenated alkanes) is 1. The molecule has 0 bridgehead atoms. The Hall–Kier alpha value is -0.120. The van der Waals surface area contributed by atoms with E-state index in [1.54, 1.807) is 0 Å². The summed E-state index contributed by atoms with van der Waals surface area (Å²) in [6, 6.07) is 0. The second-order valence-electron chi connectivity index (χ2n) is 2.93. The molecule has 3 heteroatoms. The molecule has 0 unspecified atom stereocenters. The van der Waals surface area contributed by atoms with Crippen molar-refractivity contribution in [3.8, 4) is 0 Å². The van der Waals surface area contributed by atoms with E-state index in [4.69, 9.17) is 9.47 Å². The van der Waals surface area contributed by atoms with Crippen LogP contribution in [0.15, 0.2) is 0 Å². The van der Waals surface area contributed by atoms with Crippen molar-refractivity contribution in [2.75, 3.05) is 39.5 Å². The molecule has 0 fully saturated rings. The molecule has 0 atom stereocenters. The normalized spacial score (nSPS) is 8.82. The van der Waals surface area contributed by atoms with E-state index in [0.717, 1.165) is 45.9 Å². The second-order valence-corrected chi connectivity index (χ2v) is 2.93. The van der Waals surface area contributed by atoms with E-state index in [0.29, 0.717) is 0 Å². The van der Waals surface area contributed by atoms with Crippen LogP contribution in [0.1, 0.15) is 54.4 Å². The van der Waals surface area contributed by atoms with Gasteiger partial charge in [-0.05, 0) is 13.0 Å². The van der Waals surface area contributed by atoms with Gasteiger partial charge in [-0.25, -0.2) is 0 Å². The zero-order valence-corrected chi connectivity index (χ0v) is 13.0. The summed E-state index contributed by atoms with van der Waals surface area (Å²) in [6.45, 7) is 17.3. The minimum atomic E-state index is 0.717. The van der Waals surface area contributed by atoms with Gasteiger partial charge in [0.15, 0.2) is 0 Å². The third-order valence-corrected chi connectivity index (χ3v) is 1.69. The summed E-state index contributed by atoms with van der Waals surface area (Å²) < 4.78 is 10.7. The largest absolute Gasteiger partial charge is 0.379 e. The van der Waals surface area contributed by atoms with Crippen molar-refractivity contribution in [3.05, 3.63) is 0 Å². The first kappa shape index (κ1) is 22.1. The molecule has 0 aromatic heterocycles. The first-order chi connectivity index (χ1) is 8.41. The van der Waals surface area contributed by atoms with Crippen molar-refractivity contribution < 1.29 is 9.47 Å². The minimum absolute atomic E-state index is 0.717. The van der Waals surface area contributed by atoms with Crippen molar-refractivity contribution >= 4 is 0 Å². The van der Waals surface area contributed by atoms with Crippen LogP contribution < -0.4 is 5.32 Å². The van der Waals surface area contributed by atoms with Gasteiger partial charge in [0.25, 0.3) is 0 Å². The molecule has 0 aliphatic heterocycles. The zero-order chi connectivity index (χ0) is 13.8. The Morgan fingerprint density at radius 2 is 1.29 bits per heavy atom. The van der Waals surface area contributed by atoms with E-state index in [2.05, 4.69) is 19.2 Å². The molecule has 0 spiro atoms. The van der Waals surface area contributed by atoms with Gasteiger partial charge >= 0.3 is 0 Å². The number of ether oxygens (including phenoxy) is 2. The monoisotopic (exact) mass is 249 g/mol. The van der Waals surface area contributed by atoms with Crippen LogP contribution in [0.4, 0.5) is 0 Å². The SMILES string of the molecule is CC.CC.CCCCOCCOCCNCC. The van der Waals surface area contributed by atoms with Crippen LogP contribution in [0.2, 0.25) is 0 Å². The molecule has 1 N–H and O–H groups in total. The van der Waals surface area contributed by atoms with Crippen LogP contribution in [-0.4, -0.2) is 39.5 Å². The molecule has 0 rings (SSSR count). The van der Waals surface area contributed by atoms with E-state index in [9.17, 15) is 0 Å². The van der Waals surface area contributed by atoms with E-state index >= 15 is 0 Å². The summed E-state index contributed by atoms with van der Waals surface area (Å²) in [4.78, 5) is 0. The lowest BCUT2D eigenvalue weighted by molar-refractivity contribution is 0.0479. The van der Waals surface area contributed by atoms with Crippen LogP contribution in [0, 0.1) is 0 Å². The maximum absolute atomic E-state index is 5.34. The van der Waals surface area contributed by atoms with E-state index in [1.807, 2.05) is 27.7 Å². The molecular weight excluding hydrogens is 214 g/mol. The Morgan fingerprint density at radius 1 is 0.765 bits per heavy atom. The van der Waals surface area contributed by atoms with Crippen molar-refractivity contribution in [1.82, 2.24) is 5.32 Å². The summed E-state index contributed by atoms with van der Waals surface area (Å²) in [5, 5.41) is 3.19. The molecule has 17 heavy (non-hydrogen) atoms. The predicted molar refractivity (Wildman–Crippen MR) is 77.8 cm³/mol. The number of hydrogen-bond donors (Lipinski definition) is 1. The number of hydrogen-bond acceptors (Lipinski definition) is 3. The third-order valence-electron chi connectivity index (χ3n) is 1.69. The fourth-order valence-corrected chi connectivity index (χ4v) is 0.889. The Kier molecular flexibility index (Phi) is 38.6. The fraction of sp³-hybridized carbons (Fsp3) is 1.00. The van der Waals surface area contributed by atoms with Crippen molar-refractivity contribution in [2.45, 2.75) is 54.4 Å². The maximum atomic E-state index is 5.34. The molecule has 0 aliphatic carbocycles. The molecule has 0 aromatic carbocycles. The van der Waals surface area contributed by atoms with Crippen molar-refractivity contribution in [2.24, 2.45) is 0 Å². The summed E-state index contributed by atoms with van der Waals surface area (Å²) in [6.07, 6.45) is 2.35. The van der Waals surface area contributed by atoms with E-state index in [1.165, 1.54) is 6.42 Å². The van der Waals surface area contributed by atoms with Gasteiger partial charge in [0.05, 0.1) is 19.8 Å². The Morgan fingerprint density at radius 3 is 1.76 bits per heavy atom. The highest BCUT2D eigenvalue weighted by Gasteiger charge is 1.89. The smallest absolute Gasteiger partial charge is 0.0701 e. The third kappa shape index (κ3) is 31.3. The highest BCUT2D eigenvalue weighted by Crippen LogP contribution is 1.87. The van der Waals surface area contributed by atoms with Crippen LogP contribution in [0.3, 0.4) is 0 Å².